The highest BCUT2D eigenvalue weighted by Crippen LogP contribution is 2.13. The van der Waals surface area contributed by atoms with Gasteiger partial charge in [0.2, 0.25) is 5.91 Å². The van der Waals surface area contributed by atoms with E-state index in [9.17, 15) is 9.59 Å². The molecule has 4 heterocycles. The number of aryl methyl sites for hydroxylation is 1. The number of carbonyl (C=O) groups excluding carboxylic acids is 1. The number of amides is 1. The van der Waals surface area contributed by atoms with Crippen LogP contribution in [-0.4, -0.2) is 26.4 Å². The third kappa shape index (κ3) is 3.13. The van der Waals surface area contributed by atoms with E-state index < -0.39 is 0 Å². The smallest absolute Gasteiger partial charge is 0.276 e. The molecule has 0 aliphatic rings. The van der Waals surface area contributed by atoms with Gasteiger partial charge in [-0.1, -0.05) is 6.07 Å². The van der Waals surface area contributed by atoms with Crippen molar-refractivity contribution in [1.82, 2.24) is 19.3 Å². The number of aromatic nitrogens is 3. The Morgan fingerprint density at radius 3 is 2.88 bits per heavy atom. The van der Waals surface area contributed by atoms with Crippen molar-refractivity contribution in [3.63, 3.8) is 0 Å². The summed E-state index contributed by atoms with van der Waals surface area (Å²) in [6.07, 6.45) is 4.58. The topological polar surface area (TPSA) is 68.4 Å². The van der Waals surface area contributed by atoms with Crippen LogP contribution >= 0.6 is 11.3 Å². The van der Waals surface area contributed by atoms with Crippen LogP contribution in [0.15, 0.2) is 59.0 Å². The quantitative estimate of drug-likeness (QED) is 0.570. The molecule has 0 spiro atoms. The molecule has 0 aliphatic carbocycles. The predicted molar refractivity (Wildman–Crippen MR) is 103 cm³/mol. The van der Waals surface area contributed by atoms with Crippen LogP contribution in [0, 0.1) is 0 Å². The third-order valence-corrected chi connectivity index (χ3v) is 5.27. The molecule has 26 heavy (non-hydrogen) atoms. The zero-order valence-electron chi connectivity index (χ0n) is 14.1. The van der Waals surface area contributed by atoms with Gasteiger partial charge in [0.05, 0.1) is 5.52 Å². The summed E-state index contributed by atoms with van der Waals surface area (Å²) >= 11 is 1.68. The lowest BCUT2D eigenvalue weighted by Crippen LogP contribution is -2.29. The van der Waals surface area contributed by atoms with Gasteiger partial charge in [0.25, 0.3) is 5.56 Å². The molecular weight excluding hydrogens is 348 g/mol. The average molecular weight is 366 g/mol. The Hall–Kier alpha value is -2.93. The molecule has 6 nitrogen and oxygen atoms in total. The van der Waals surface area contributed by atoms with Gasteiger partial charge in [-0.15, -0.1) is 11.3 Å². The number of carbonyl (C=O) groups is 1. The van der Waals surface area contributed by atoms with Crippen molar-refractivity contribution in [2.24, 2.45) is 0 Å². The SMILES string of the molecule is O=C(CCn1c(=O)c2cccn2c2cccnc21)NCCc1cccs1. The molecule has 4 aromatic heterocycles. The minimum absolute atomic E-state index is 0.0622. The second-order valence-electron chi connectivity index (χ2n) is 6.00. The maximum absolute atomic E-state index is 12.8. The zero-order valence-corrected chi connectivity index (χ0v) is 14.9. The molecule has 4 aromatic rings. The molecule has 0 bridgehead atoms. The van der Waals surface area contributed by atoms with Crippen LogP contribution in [0.1, 0.15) is 11.3 Å². The molecule has 0 fully saturated rings. The van der Waals surface area contributed by atoms with Gasteiger partial charge in [-0.3, -0.25) is 14.2 Å². The monoisotopic (exact) mass is 366 g/mol. The maximum atomic E-state index is 12.8. The Kier molecular flexibility index (Phi) is 4.53. The molecule has 0 saturated heterocycles. The highest BCUT2D eigenvalue weighted by Gasteiger charge is 2.12. The van der Waals surface area contributed by atoms with E-state index in [-0.39, 0.29) is 17.9 Å². The Balaban J connectivity index is 1.50. The number of thiophene rings is 1. The average Bonchev–Trinajstić information content (AvgIpc) is 3.34. The number of hydrogen-bond acceptors (Lipinski definition) is 4. The van der Waals surface area contributed by atoms with Crippen molar-refractivity contribution in [2.45, 2.75) is 19.4 Å². The minimum atomic E-state index is -0.132. The summed E-state index contributed by atoms with van der Waals surface area (Å²) in [5.41, 5.74) is 1.90. The zero-order chi connectivity index (χ0) is 17.9. The summed E-state index contributed by atoms with van der Waals surface area (Å²) in [5.74, 6) is -0.0622. The lowest BCUT2D eigenvalue weighted by atomic mass is 10.3. The Labute approximate surface area is 153 Å². The van der Waals surface area contributed by atoms with E-state index in [1.807, 2.05) is 40.2 Å². The van der Waals surface area contributed by atoms with E-state index in [1.165, 1.54) is 4.88 Å². The van der Waals surface area contributed by atoms with Gasteiger partial charge < -0.3 is 9.72 Å². The normalized spacial score (nSPS) is 11.2. The molecule has 1 amide bonds. The van der Waals surface area contributed by atoms with Crippen LogP contribution < -0.4 is 10.9 Å². The number of rotatable bonds is 6. The number of nitrogens with one attached hydrogen (secondary N) is 1. The second-order valence-corrected chi connectivity index (χ2v) is 7.03. The van der Waals surface area contributed by atoms with Gasteiger partial charge in [0, 0.05) is 36.8 Å². The van der Waals surface area contributed by atoms with Gasteiger partial charge in [-0.05, 0) is 42.1 Å². The standard InChI is InChI=1S/C19H18N4O2S/c24-17(20-10-7-14-4-3-13-26-14)8-12-23-18-15(5-1-9-21-18)22-11-2-6-16(22)19(23)25/h1-6,9,11,13H,7-8,10,12H2,(H,20,24). The van der Waals surface area contributed by atoms with Crippen molar-refractivity contribution in [2.75, 3.05) is 6.54 Å². The third-order valence-electron chi connectivity index (χ3n) is 4.33. The molecule has 0 aromatic carbocycles. The van der Waals surface area contributed by atoms with Crippen molar-refractivity contribution in [1.29, 1.82) is 0 Å². The van der Waals surface area contributed by atoms with E-state index in [1.54, 1.807) is 28.2 Å². The van der Waals surface area contributed by atoms with E-state index in [0.717, 1.165) is 11.9 Å². The van der Waals surface area contributed by atoms with Gasteiger partial charge in [-0.2, -0.15) is 0 Å². The summed E-state index contributed by atoms with van der Waals surface area (Å²) < 4.78 is 3.42. The van der Waals surface area contributed by atoms with E-state index >= 15 is 0 Å². The van der Waals surface area contributed by atoms with Gasteiger partial charge in [0.1, 0.15) is 5.52 Å². The summed E-state index contributed by atoms with van der Waals surface area (Å²) in [6.45, 7) is 0.907. The second kappa shape index (κ2) is 7.13. The van der Waals surface area contributed by atoms with Crippen LogP contribution in [0.25, 0.3) is 16.7 Å². The first kappa shape index (κ1) is 16.5. The first-order valence-electron chi connectivity index (χ1n) is 8.48. The lowest BCUT2D eigenvalue weighted by molar-refractivity contribution is -0.121. The molecule has 7 heteroatoms. The molecule has 0 aliphatic heterocycles. The highest BCUT2D eigenvalue weighted by molar-refractivity contribution is 7.09. The molecule has 0 saturated carbocycles. The molecule has 0 atom stereocenters. The summed E-state index contributed by atoms with van der Waals surface area (Å²) in [4.78, 5) is 30.5. The number of pyridine rings is 1. The van der Waals surface area contributed by atoms with Crippen molar-refractivity contribution >= 4 is 33.9 Å². The fourth-order valence-corrected chi connectivity index (χ4v) is 3.78. The van der Waals surface area contributed by atoms with Crippen LogP contribution in [0.5, 0.6) is 0 Å². The predicted octanol–water partition coefficient (Wildman–Crippen LogP) is 2.46. The van der Waals surface area contributed by atoms with Crippen molar-refractivity contribution < 1.29 is 4.79 Å². The van der Waals surface area contributed by atoms with Crippen LogP contribution in [0.3, 0.4) is 0 Å². The molecule has 132 valence electrons. The largest absolute Gasteiger partial charge is 0.356 e. The van der Waals surface area contributed by atoms with Crippen LogP contribution in [0.4, 0.5) is 0 Å². The molecule has 4 rings (SSSR count). The summed E-state index contributed by atoms with van der Waals surface area (Å²) in [5, 5.41) is 4.94. The Morgan fingerprint density at radius 1 is 1.15 bits per heavy atom. The Bertz CT molecular complexity index is 1110. The van der Waals surface area contributed by atoms with Crippen molar-refractivity contribution in [3.05, 3.63) is 69.4 Å². The fourth-order valence-electron chi connectivity index (χ4n) is 3.07. The summed E-state index contributed by atoms with van der Waals surface area (Å²) in [6, 6.07) is 11.4. The molecule has 0 radical (unpaired) electrons. The molecule has 1 N–H and O–H groups in total. The van der Waals surface area contributed by atoms with Crippen LogP contribution in [-0.2, 0) is 17.8 Å². The minimum Gasteiger partial charge on any atom is -0.356 e. The number of nitrogens with zero attached hydrogens (tertiary/aromatic N) is 3. The van der Waals surface area contributed by atoms with E-state index in [2.05, 4.69) is 16.4 Å². The molecule has 0 unspecified atom stereocenters. The Morgan fingerprint density at radius 2 is 2.04 bits per heavy atom. The van der Waals surface area contributed by atoms with Gasteiger partial charge in [-0.25, -0.2) is 4.98 Å². The fraction of sp³-hybridized carbons (Fsp3) is 0.211. The van der Waals surface area contributed by atoms with Crippen LogP contribution in [0.2, 0.25) is 0 Å². The first-order chi connectivity index (χ1) is 12.7. The molecular formula is C19H18N4O2S. The van der Waals surface area contributed by atoms with Gasteiger partial charge >= 0.3 is 0 Å². The highest BCUT2D eigenvalue weighted by atomic mass is 32.1. The number of hydrogen-bond donors (Lipinski definition) is 1. The first-order valence-corrected chi connectivity index (χ1v) is 9.36. The van der Waals surface area contributed by atoms with E-state index in [4.69, 9.17) is 0 Å². The number of fused-ring (bicyclic) bond motifs is 3. The lowest BCUT2D eigenvalue weighted by Gasteiger charge is -2.11. The maximum Gasteiger partial charge on any atom is 0.276 e. The van der Waals surface area contributed by atoms with Crippen molar-refractivity contribution in [3.8, 4) is 0 Å². The van der Waals surface area contributed by atoms with Gasteiger partial charge in [0.15, 0.2) is 5.65 Å². The summed E-state index contributed by atoms with van der Waals surface area (Å²) in [7, 11) is 0. The van der Waals surface area contributed by atoms with E-state index in [0.29, 0.717) is 24.3 Å².